The van der Waals surface area contributed by atoms with Crippen LogP contribution in [0.4, 0.5) is 0 Å². The van der Waals surface area contributed by atoms with Gasteiger partial charge in [0.2, 0.25) is 17.5 Å². The van der Waals surface area contributed by atoms with E-state index in [-0.39, 0.29) is 57.0 Å². The molecule has 0 spiro atoms. The first kappa shape index (κ1) is 35.5. The highest BCUT2D eigenvalue weighted by Crippen LogP contribution is 2.38. The number of hydroxylamine groups is 2. The van der Waals surface area contributed by atoms with Gasteiger partial charge in [-0.15, -0.1) is 5.06 Å². The fourth-order valence-electron chi connectivity index (χ4n) is 3.01. The average molecular weight is 560 g/mol. The second-order valence-electron chi connectivity index (χ2n) is 8.67. The highest BCUT2D eigenvalue weighted by atomic mass is 16.7. The number of imide groups is 3. The van der Waals surface area contributed by atoms with E-state index < -0.39 is 17.8 Å². The molecule has 0 unspecified atom stereocenters. The Hall–Kier alpha value is -4.55. The van der Waals surface area contributed by atoms with Crippen molar-refractivity contribution in [2.45, 2.75) is 67.0 Å². The molecule has 0 aliphatic carbocycles. The van der Waals surface area contributed by atoms with Crippen molar-refractivity contribution in [3.8, 4) is 0 Å². The monoisotopic (exact) mass is 559 g/mol. The number of carbonyl (C=O) groups is 7. The summed E-state index contributed by atoms with van der Waals surface area (Å²) >= 11 is 0. The van der Waals surface area contributed by atoms with Gasteiger partial charge in [0.1, 0.15) is 0 Å². The number of nitrogens with zero attached hydrogens (tertiary/aromatic N) is 5. The van der Waals surface area contributed by atoms with E-state index in [0.29, 0.717) is 17.9 Å². The molecule has 4 heterocycles. The Kier molecular flexibility index (Phi) is 13.4. The molecule has 0 bridgehead atoms. The smallest absolute Gasteiger partial charge is 0.330 e. The van der Waals surface area contributed by atoms with Crippen molar-refractivity contribution in [3.63, 3.8) is 0 Å². The molecule has 1 aromatic carbocycles. The lowest BCUT2D eigenvalue weighted by molar-refractivity contribution is -0.195. The largest absolute Gasteiger partial charge is 0.331 e. The summed E-state index contributed by atoms with van der Waals surface area (Å²) in [4.78, 5) is 80.2. The molecule has 4 aliphatic heterocycles. The van der Waals surface area contributed by atoms with E-state index >= 15 is 0 Å². The summed E-state index contributed by atoms with van der Waals surface area (Å²) in [5, 5.41) is 8.43. The maximum Gasteiger partial charge on any atom is 0.330 e. The van der Waals surface area contributed by atoms with Crippen LogP contribution in [0.1, 0.15) is 65.5 Å². The van der Waals surface area contributed by atoms with Gasteiger partial charge < -0.3 is 4.84 Å². The summed E-state index contributed by atoms with van der Waals surface area (Å²) in [5.41, 5.74) is 2.24. The SMILES string of the molecule is C.C.CC(=O)ON1C(=O)CCC1=O.CN1C(=O)C=CC1=O.CN1C(=O)CCC1=O.Cc1ccc(C2(C)N=N2)cc1. The van der Waals surface area contributed by atoms with E-state index in [2.05, 4.69) is 46.3 Å². The first-order valence-corrected chi connectivity index (χ1v) is 11.6. The first-order valence-electron chi connectivity index (χ1n) is 11.6. The third kappa shape index (κ3) is 9.97. The van der Waals surface area contributed by atoms with Crippen LogP contribution in [-0.4, -0.2) is 70.4 Å². The lowest BCUT2D eigenvalue weighted by Gasteiger charge is -2.09. The second kappa shape index (κ2) is 15.1. The number of carbonyl (C=O) groups excluding carboxylic acids is 7. The Bertz CT molecular complexity index is 1150. The third-order valence-electron chi connectivity index (χ3n) is 5.55. The summed E-state index contributed by atoms with van der Waals surface area (Å²) in [6, 6.07) is 8.33. The van der Waals surface area contributed by atoms with Crippen molar-refractivity contribution in [3.05, 3.63) is 47.5 Å². The fraction of sp³-hybridized carbons (Fsp3) is 0.444. The zero-order valence-corrected chi connectivity index (χ0v) is 21.8. The fourth-order valence-corrected chi connectivity index (χ4v) is 3.01. The van der Waals surface area contributed by atoms with Crippen LogP contribution in [0.25, 0.3) is 0 Å². The highest BCUT2D eigenvalue weighted by molar-refractivity contribution is 6.12. The van der Waals surface area contributed by atoms with Gasteiger partial charge in [0.25, 0.3) is 23.6 Å². The minimum absolute atomic E-state index is 0. The van der Waals surface area contributed by atoms with Gasteiger partial charge in [-0.2, -0.15) is 10.2 Å². The molecule has 0 N–H and O–H groups in total. The van der Waals surface area contributed by atoms with Gasteiger partial charge in [0.05, 0.1) is 0 Å². The molecule has 40 heavy (non-hydrogen) atoms. The van der Waals surface area contributed by atoms with Crippen LogP contribution >= 0.6 is 0 Å². The molecule has 13 heteroatoms. The van der Waals surface area contributed by atoms with Gasteiger partial charge in [0.15, 0.2) is 0 Å². The quantitative estimate of drug-likeness (QED) is 0.499. The molecule has 2 saturated heterocycles. The maximum atomic E-state index is 10.7. The van der Waals surface area contributed by atoms with Crippen LogP contribution in [-0.2, 0) is 44.1 Å². The zero-order chi connectivity index (χ0) is 28.6. The molecule has 13 nitrogen and oxygen atoms in total. The Morgan fingerprint density at radius 1 is 0.750 bits per heavy atom. The number of rotatable bonds is 2. The topological polar surface area (TPSA) is 163 Å². The number of aryl methyl sites for hydroxylation is 1. The van der Waals surface area contributed by atoms with Crippen molar-refractivity contribution in [1.82, 2.24) is 14.9 Å². The zero-order valence-electron chi connectivity index (χ0n) is 21.8. The number of amides is 6. The van der Waals surface area contributed by atoms with Crippen molar-refractivity contribution in [1.29, 1.82) is 0 Å². The van der Waals surface area contributed by atoms with Gasteiger partial charge in [-0.3, -0.25) is 38.6 Å². The predicted octanol–water partition coefficient (Wildman–Crippen LogP) is 2.83. The maximum absolute atomic E-state index is 10.7. The predicted molar refractivity (Wildman–Crippen MR) is 144 cm³/mol. The molecule has 6 amide bonds. The summed E-state index contributed by atoms with van der Waals surface area (Å²) in [7, 11) is 2.96. The Morgan fingerprint density at radius 2 is 1.15 bits per heavy atom. The van der Waals surface area contributed by atoms with Crippen LogP contribution < -0.4 is 0 Å². The molecule has 5 rings (SSSR count). The van der Waals surface area contributed by atoms with Gasteiger partial charge in [0, 0.05) is 64.4 Å². The molecular weight excluding hydrogens is 522 g/mol. The van der Waals surface area contributed by atoms with Crippen molar-refractivity contribution in [2.75, 3.05) is 14.1 Å². The van der Waals surface area contributed by atoms with Crippen LogP contribution in [0.15, 0.2) is 46.6 Å². The molecule has 0 atom stereocenters. The minimum atomic E-state index is -0.659. The van der Waals surface area contributed by atoms with E-state index in [9.17, 15) is 33.6 Å². The second-order valence-corrected chi connectivity index (χ2v) is 8.67. The Balaban J connectivity index is 0.000000504. The van der Waals surface area contributed by atoms with Crippen LogP contribution in [0, 0.1) is 6.92 Å². The molecule has 4 aliphatic rings. The number of benzene rings is 1. The van der Waals surface area contributed by atoms with Crippen molar-refractivity contribution in [2.24, 2.45) is 10.2 Å². The van der Waals surface area contributed by atoms with Gasteiger partial charge >= 0.3 is 5.97 Å². The summed E-state index contributed by atoms with van der Waals surface area (Å²) in [5.74, 6) is -2.17. The Morgan fingerprint density at radius 3 is 1.43 bits per heavy atom. The molecule has 218 valence electrons. The van der Waals surface area contributed by atoms with E-state index in [1.807, 2.05) is 6.92 Å². The lowest BCUT2D eigenvalue weighted by Crippen LogP contribution is -2.30. The summed E-state index contributed by atoms with van der Waals surface area (Å²) in [6.45, 7) is 5.23. The van der Waals surface area contributed by atoms with E-state index in [4.69, 9.17) is 0 Å². The third-order valence-corrected chi connectivity index (χ3v) is 5.55. The Labute approximate surface area is 233 Å². The molecular formula is C27H37N5O8. The normalized spacial score (nSPS) is 17.6. The van der Waals surface area contributed by atoms with E-state index in [1.54, 1.807) is 0 Å². The summed E-state index contributed by atoms with van der Waals surface area (Å²) in [6.07, 6.45) is 3.56. The standard InChI is InChI=1S/C9H10N2.C6H7NO4.C5H7NO2.C5H5NO2.2CH4/c1-7-3-5-8(6-4-7)9(2)10-11-9;1-4(8)11-7-5(9)2-3-6(7)10;2*1-6-4(7)2-3-5(6)8;;/h3-6H,1-2H3;2-3H2,1H3;2-3H2,1H3;2-3H,1H3;2*1H4. The van der Waals surface area contributed by atoms with E-state index in [1.165, 1.54) is 42.3 Å². The van der Waals surface area contributed by atoms with Crippen molar-refractivity contribution >= 4 is 41.4 Å². The average Bonchev–Trinajstić information content (AvgIpc) is 3.36. The first-order chi connectivity index (χ1) is 17.7. The van der Waals surface area contributed by atoms with Crippen LogP contribution in [0.2, 0.25) is 0 Å². The summed E-state index contributed by atoms with van der Waals surface area (Å²) < 4.78 is 0. The molecule has 1 aromatic rings. The molecule has 0 radical (unpaired) electrons. The number of likely N-dealkylation sites (N-methyl/N-ethyl adjacent to an activating group) is 1. The highest BCUT2D eigenvalue weighted by Gasteiger charge is 2.35. The van der Waals surface area contributed by atoms with Gasteiger partial charge in [-0.1, -0.05) is 44.7 Å². The molecule has 2 fully saturated rings. The van der Waals surface area contributed by atoms with Crippen LogP contribution in [0.5, 0.6) is 0 Å². The molecule has 0 saturated carbocycles. The van der Waals surface area contributed by atoms with Gasteiger partial charge in [-0.25, -0.2) is 4.79 Å². The lowest BCUT2D eigenvalue weighted by atomic mass is 10.0. The number of hydrogen-bond acceptors (Lipinski definition) is 10. The van der Waals surface area contributed by atoms with E-state index in [0.717, 1.165) is 11.8 Å². The minimum Gasteiger partial charge on any atom is -0.331 e. The van der Waals surface area contributed by atoms with Crippen LogP contribution in [0.3, 0.4) is 0 Å². The van der Waals surface area contributed by atoms with Crippen molar-refractivity contribution < 1.29 is 38.4 Å². The number of hydrogen-bond donors (Lipinski definition) is 0. The molecule has 0 aromatic heterocycles. The van der Waals surface area contributed by atoms with Gasteiger partial charge in [-0.05, 0) is 13.8 Å². The number of likely N-dealkylation sites (tertiary alicyclic amines) is 1.